The van der Waals surface area contributed by atoms with Crippen LogP contribution in [-0.4, -0.2) is 64.1 Å². The summed E-state index contributed by atoms with van der Waals surface area (Å²) in [5.74, 6) is -0.798. The lowest BCUT2D eigenvalue weighted by molar-refractivity contribution is -0.133. The highest BCUT2D eigenvalue weighted by Gasteiger charge is 2.20. The summed E-state index contributed by atoms with van der Waals surface area (Å²) in [6.45, 7) is 5.22. The van der Waals surface area contributed by atoms with E-state index in [0.717, 1.165) is 30.5 Å². The summed E-state index contributed by atoms with van der Waals surface area (Å²) in [5, 5.41) is 9.49. The maximum absolute atomic E-state index is 10.6. The molecule has 7 heteroatoms. The van der Waals surface area contributed by atoms with Crippen LogP contribution in [0, 0.1) is 6.92 Å². The Balaban J connectivity index is 2.00. The molecule has 1 aliphatic rings. The maximum atomic E-state index is 10.6. The summed E-state index contributed by atoms with van der Waals surface area (Å²) in [4.78, 5) is 17.2. The van der Waals surface area contributed by atoms with Gasteiger partial charge in [-0.15, -0.1) is 0 Å². The van der Waals surface area contributed by atoms with Crippen LogP contribution in [0.5, 0.6) is 0 Å². The smallest absolute Gasteiger partial charge is 0.313 e. The molecule has 0 bridgehead atoms. The van der Waals surface area contributed by atoms with Crippen molar-refractivity contribution in [2.45, 2.75) is 24.7 Å². The highest BCUT2D eigenvalue weighted by atomic mass is 32.2. The zero-order valence-corrected chi connectivity index (χ0v) is 12.0. The number of hydrogen-bond acceptors (Lipinski definition) is 5. The van der Waals surface area contributed by atoms with E-state index in [0.29, 0.717) is 6.54 Å². The van der Waals surface area contributed by atoms with Gasteiger partial charge in [-0.3, -0.25) is 4.79 Å². The van der Waals surface area contributed by atoms with E-state index < -0.39 is 5.97 Å². The number of morpholine rings is 1. The number of nitrogens with zero attached hydrogens (tertiary/aromatic N) is 3. The molecule has 0 spiro atoms. The Kier molecular flexibility index (Phi) is 4.84. The average Bonchev–Trinajstić information content (AvgIpc) is 2.67. The second kappa shape index (κ2) is 6.40. The van der Waals surface area contributed by atoms with Gasteiger partial charge in [0.2, 0.25) is 0 Å². The zero-order valence-electron chi connectivity index (χ0n) is 11.2. The molecule has 1 atom stereocenters. The van der Waals surface area contributed by atoms with E-state index in [1.54, 1.807) is 0 Å². The van der Waals surface area contributed by atoms with E-state index in [4.69, 9.17) is 9.84 Å². The molecular formula is C12H19N3O3S. The Bertz CT molecular complexity index is 449. The first-order valence-electron chi connectivity index (χ1n) is 6.23. The van der Waals surface area contributed by atoms with Gasteiger partial charge in [-0.2, -0.15) is 0 Å². The van der Waals surface area contributed by atoms with E-state index in [1.807, 2.05) is 17.7 Å². The Morgan fingerprint density at radius 1 is 1.68 bits per heavy atom. The second-order valence-corrected chi connectivity index (χ2v) is 5.70. The normalized spacial score (nSPS) is 20.6. The van der Waals surface area contributed by atoms with Gasteiger partial charge in [0, 0.05) is 19.3 Å². The summed E-state index contributed by atoms with van der Waals surface area (Å²) in [7, 11) is 2.08. The lowest BCUT2D eigenvalue weighted by atomic mass is 10.3. The molecule has 0 radical (unpaired) electrons. The largest absolute Gasteiger partial charge is 0.481 e. The molecule has 0 saturated carbocycles. The van der Waals surface area contributed by atoms with Crippen molar-refractivity contribution in [1.29, 1.82) is 0 Å². The summed E-state index contributed by atoms with van der Waals surface area (Å²) >= 11 is 1.25. The molecule has 1 saturated heterocycles. The number of hydrogen-bond donors (Lipinski definition) is 1. The Morgan fingerprint density at radius 2 is 2.47 bits per heavy atom. The van der Waals surface area contributed by atoms with Gasteiger partial charge in [0.25, 0.3) is 0 Å². The number of carbonyl (C=O) groups is 1. The minimum atomic E-state index is -0.828. The number of aromatic nitrogens is 2. The number of thioether (sulfide) groups is 1. The summed E-state index contributed by atoms with van der Waals surface area (Å²) in [5.41, 5.74) is 0.900. The summed E-state index contributed by atoms with van der Waals surface area (Å²) in [6.07, 6.45) is 2.08. The van der Waals surface area contributed by atoms with Crippen LogP contribution >= 0.6 is 11.8 Å². The van der Waals surface area contributed by atoms with E-state index in [-0.39, 0.29) is 11.9 Å². The van der Waals surface area contributed by atoms with Crippen LogP contribution in [-0.2, 0) is 16.1 Å². The lowest BCUT2D eigenvalue weighted by Crippen LogP contribution is -2.42. The van der Waals surface area contributed by atoms with Gasteiger partial charge in [0.1, 0.15) is 0 Å². The van der Waals surface area contributed by atoms with Crippen molar-refractivity contribution < 1.29 is 14.6 Å². The van der Waals surface area contributed by atoms with Gasteiger partial charge < -0.3 is 19.3 Å². The molecular weight excluding hydrogens is 266 g/mol. The fourth-order valence-corrected chi connectivity index (χ4v) is 2.85. The third-order valence-electron chi connectivity index (χ3n) is 2.93. The Hall–Kier alpha value is -1.05. The van der Waals surface area contributed by atoms with Crippen LogP contribution < -0.4 is 0 Å². The second-order valence-electron chi connectivity index (χ2n) is 4.75. The first-order valence-corrected chi connectivity index (χ1v) is 7.21. The Labute approximate surface area is 116 Å². The first kappa shape index (κ1) is 14.4. The van der Waals surface area contributed by atoms with Crippen molar-refractivity contribution in [3.63, 3.8) is 0 Å². The predicted molar refractivity (Wildman–Crippen MR) is 72.6 cm³/mol. The third-order valence-corrected chi connectivity index (χ3v) is 3.90. The number of carboxylic acids is 1. The Morgan fingerprint density at radius 3 is 3.16 bits per heavy atom. The number of rotatable bonds is 5. The molecule has 0 aliphatic carbocycles. The molecule has 0 amide bonds. The van der Waals surface area contributed by atoms with Gasteiger partial charge in [-0.05, 0) is 14.0 Å². The molecule has 1 unspecified atom stereocenters. The van der Waals surface area contributed by atoms with Crippen molar-refractivity contribution in [1.82, 2.24) is 14.5 Å². The lowest BCUT2D eigenvalue weighted by Gasteiger charge is -2.30. The van der Waals surface area contributed by atoms with E-state index >= 15 is 0 Å². The third kappa shape index (κ3) is 4.22. The van der Waals surface area contributed by atoms with Gasteiger partial charge in [0.05, 0.1) is 30.7 Å². The van der Waals surface area contributed by atoms with E-state index in [1.165, 1.54) is 11.8 Å². The number of likely N-dealkylation sites (N-methyl/N-ethyl adjacent to an activating group) is 1. The zero-order chi connectivity index (χ0) is 13.8. The van der Waals surface area contributed by atoms with Gasteiger partial charge >= 0.3 is 5.97 Å². The molecule has 1 aromatic heterocycles. The average molecular weight is 285 g/mol. The van der Waals surface area contributed by atoms with E-state index in [9.17, 15) is 4.79 Å². The number of imidazole rings is 1. The van der Waals surface area contributed by atoms with Gasteiger partial charge in [-0.25, -0.2) is 4.98 Å². The van der Waals surface area contributed by atoms with Crippen molar-refractivity contribution in [2.24, 2.45) is 0 Å². The highest BCUT2D eigenvalue weighted by Crippen LogP contribution is 2.19. The molecule has 6 nitrogen and oxygen atoms in total. The van der Waals surface area contributed by atoms with Gasteiger partial charge in [0.15, 0.2) is 5.16 Å². The van der Waals surface area contributed by atoms with Crippen molar-refractivity contribution in [2.75, 3.05) is 32.5 Å². The van der Waals surface area contributed by atoms with Crippen molar-refractivity contribution >= 4 is 17.7 Å². The molecule has 1 fully saturated rings. The number of carboxylic acid groups (broad SMARTS) is 1. The molecule has 1 aliphatic heterocycles. The number of aliphatic carboxylic acids is 1. The minimum Gasteiger partial charge on any atom is -0.481 e. The van der Waals surface area contributed by atoms with Crippen LogP contribution in [0.2, 0.25) is 0 Å². The van der Waals surface area contributed by atoms with Crippen LogP contribution in [0.1, 0.15) is 5.69 Å². The van der Waals surface area contributed by atoms with Crippen molar-refractivity contribution in [3.05, 3.63) is 11.9 Å². The fourth-order valence-electron chi connectivity index (χ4n) is 2.09. The quantitative estimate of drug-likeness (QED) is 0.803. The molecule has 2 heterocycles. The summed E-state index contributed by atoms with van der Waals surface area (Å²) in [6, 6.07) is 0. The molecule has 1 aromatic rings. The summed E-state index contributed by atoms with van der Waals surface area (Å²) < 4.78 is 7.72. The molecule has 19 heavy (non-hydrogen) atoms. The van der Waals surface area contributed by atoms with Crippen LogP contribution in [0.4, 0.5) is 0 Å². The fraction of sp³-hybridized carbons (Fsp3) is 0.667. The molecule has 1 N–H and O–H groups in total. The topological polar surface area (TPSA) is 67.6 Å². The number of aryl methyl sites for hydroxylation is 1. The van der Waals surface area contributed by atoms with Crippen molar-refractivity contribution in [3.8, 4) is 0 Å². The highest BCUT2D eigenvalue weighted by molar-refractivity contribution is 7.99. The minimum absolute atomic E-state index is 0.0296. The van der Waals surface area contributed by atoms with Crippen LogP contribution in [0.15, 0.2) is 11.4 Å². The monoisotopic (exact) mass is 285 g/mol. The molecule has 2 rings (SSSR count). The van der Waals surface area contributed by atoms with Crippen LogP contribution in [0.3, 0.4) is 0 Å². The number of ether oxygens (including phenoxy) is 1. The van der Waals surface area contributed by atoms with E-state index in [2.05, 4.69) is 16.9 Å². The van der Waals surface area contributed by atoms with Gasteiger partial charge in [-0.1, -0.05) is 11.8 Å². The SMILES string of the molecule is Cc1cn(CC2CN(C)CCO2)c(SCC(=O)O)n1. The molecule has 106 valence electrons. The first-order chi connectivity index (χ1) is 9.04. The van der Waals surface area contributed by atoms with Crippen LogP contribution in [0.25, 0.3) is 0 Å². The molecule has 0 aromatic carbocycles. The standard InChI is InChI=1S/C12H19N3O3S/c1-9-5-15(12(13-9)19-8-11(16)17)7-10-6-14(2)3-4-18-10/h5,10H,3-4,6-8H2,1-2H3,(H,16,17). The maximum Gasteiger partial charge on any atom is 0.313 e. The predicted octanol–water partition coefficient (Wildman–Crippen LogP) is 0.699.